The Kier molecular flexibility index (Phi) is 4.62. The van der Waals surface area contributed by atoms with E-state index in [1.165, 1.54) is 10.5 Å². The Morgan fingerprint density at radius 2 is 1.76 bits per heavy atom. The van der Waals surface area contributed by atoms with Crippen molar-refractivity contribution < 1.29 is 9.59 Å². The first-order chi connectivity index (χ1) is 11.9. The number of carbonyl (C=O) groups is 2. The van der Waals surface area contributed by atoms with Gasteiger partial charge in [-0.3, -0.25) is 9.69 Å². The van der Waals surface area contributed by atoms with Gasteiger partial charge >= 0.3 is 6.03 Å². The monoisotopic (exact) mass is 336 g/mol. The molecule has 4 nitrogen and oxygen atoms in total. The van der Waals surface area contributed by atoms with Crippen LogP contribution in [0.2, 0.25) is 0 Å². The Balaban J connectivity index is 1.74. The van der Waals surface area contributed by atoms with E-state index >= 15 is 0 Å². The molecule has 0 saturated carbocycles. The first kappa shape index (κ1) is 17.2. The topological polar surface area (TPSA) is 49.4 Å². The molecule has 1 aliphatic rings. The van der Waals surface area contributed by atoms with Gasteiger partial charge in [0.1, 0.15) is 5.54 Å². The van der Waals surface area contributed by atoms with E-state index in [1.54, 1.807) is 0 Å². The molecule has 1 heterocycles. The summed E-state index contributed by atoms with van der Waals surface area (Å²) in [6.07, 6.45) is 1.34. The molecule has 0 aliphatic carbocycles. The number of imide groups is 1. The lowest BCUT2D eigenvalue weighted by molar-refractivity contribution is -0.131. The van der Waals surface area contributed by atoms with Crippen molar-refractivity contribution in [2.24, 2.45) is 0 Å². The van der Waals surface area contributed by atoms with Gasteiger partial charge in [0.2, 0.25) is 0 Å². The summed E-state index contributed by atoms with van der Waals surface area (Å²) >= 11 is 0. The quantitative estimate of drug-likeness (QED) is 0.846. The van der Waals surface area contributed by atoms with E-state index in [-0.39, 0.29) is 11.9 Å². The van der Waals surface area contributed by atoms with E-state index in [0.717, 1.165) is 23.1 Å². The summed E-state index contributed by atoms with van der Waals surface area (Å²) in [5, 5.41) is 2.89. The van der Waals surface area contributed by atoms with E-state index < -0.39 is 5.54 Å². The summed E-state index contributed by atoms with van der Waals surface area (Å²) in [6.45, 7) is 6.15. The molecule has 2 aromatic carbocycles. The molecule has 4 heteroatoms. The van der Waals surface area contributed by atoms with E-state index in [4.69, 9.17) is 0 Å². The SMILES string of the molecule is Cc1ccc(C)c(CN2C(=O)N[C@](C)(CCc3ccccc3)C2=O)c1. The fourth-order valence-corrected chi connectivity index (χ4v) is 3.24. The molecule has 1 aliphatic heterocycles. The minimum Gasteiger partial charge on any atom is -0.323 e. The Morgan fingerprint density at radius 3 is 2.48 bits per heavy atom. The van der Waals surface area contributed by atoms with Crippen LogP contribution in [-0.4, -0.2) is 22.4 Å². The van der Waals surface area contributed by atoms with Gasteiger partial charge in [-0.2, -0.15) is 0 Å². The van der Waals surface area contributed by atoms with Crippen LogP contribution in [0.3, 0.4) is 0 Å². The second-order valence-electron chi connectivity index (χ2n) is 7.07. The number of amides is 3. The average molecular weight is 336 g/mol. The number of benzene rings is 2. The molecular formula is C21H24N2O2. The molecule has 1 saturated heterocycles. The minimum atomic E-state index is -0.843. The van der Waals surface area contributed by atoms with E-state index in [1.807, 2.05) is 69.3 Å². The van der Waals surface area contributed by atoms with Crippen molar-refractivity contribution in [3.8, 4) is 0 Å². The maximum Gasteiger partial charge on any atom is 0.325 e. The molecule has 3 rings (SSSR count). The van der Waals surface area contributed by atoms with Gasteiger partial charge in [-0.25, -0.2) is 4.79 Å². The Hall–Kier alpha value is -2.62. The second kappa shape index (κ2) is 6.71. The van der Waals surface area contributed by atoms with E-state index in [9.17, 15) is 9.59 Å². The fourth-order valence-electron chi connectivity index (χ4n) is 3.24. The van der Waals surface area contributed by atoms with Crippen molar-refractivity contribution in [1.82, 2.24) is 10.2 Å². The van der Waals surface area contributed by atoms with Crippen molar-refractivity contribution in [2.75, 3.05) is 0 Å². The van der Waals surface area contributed by atoms with E-state index in [0.29, 0.717) is 13.0 Å². The third-order valence-corrected chi connectivity index (χ3v) is 4.93. The highest BCUT2D eigenvalue weighted by atomic mass is 16.2. The fraction of sp³-hybridized carbons (Fsp3) is 0.333. The lowest BCUT2D eigenvalue weighted by Crippen LogP contribution is -2.44. The van der Waals surface area contributed by atoms with Gasteiger partial charge in [-0.15, -0.1) is 0 Å². The van der Waals surface area contributed by atoms with Crippen LogP contribution in [0.25, 0.3) is 0 Å². The van der Waals surface area contributed by atoms with Crippen LogP contribution in [0.4, 0.5) is 4.79 Å². The van der Waals surface area contributed by atoms with Crippen LogP contribution in [0.1, 0.15) is 35.6 Å². The molecule has 1 atom stereocenters. The maximum absolute atomic E-state index is 12.9. The number of urea groups is 1. The van der Waals surface area contributed by atoms with Gasteiger partial charge in [-0.1, -0.05) is 54.1 Å². The van der Waals surface area contributed by atoms with Crippen LogP contribution in [0.5, 0.6) is 0 Å². The smallest absolute Gasteiger partial charge is 0.323 e. The Labute approximate surface area is 148 Å². The van der Waals surface area contributed by atoms with Gasteiger partial charge < -0.3 is 5.32 Å². The average Bonchev–Trinajstić information content (AvgIpc) is 2.81. The maximum atomic E-state index is 12.9. The van der Waals surface area contributed by atoms with Crippen molar-refractivity contribution in [1.29, 1.82) is 0 Å². The molecule has 0 spiro atoms. The molecule has 130 valence electrons. The predicted octanol–water partition coefficient (Wildman–Crippen LogP) is 3.75. The van der Waals surface area contributed by atoms with Crippen molar-refractivity contribution in [3.05, 3.63) is 70.8 Å². The third kappa shape index (κ3) is 3.58. The first-order valence-electron chi connectivity index (χ1n) is 8.63. The summed E-state index contributed by atoms with van der Waals surface area (Å²) in [7, 11) is 0. The number of rotatable bonds is 5. The molecule has 0 aromatic heterocycles. The second-order valence-corrected chi connectivity index (χ2v) is 7.07. The summed E-state index contributed by atoms with van der Waals surface area (Å²) in [6, 6.07) is 15.8. The summed E-state index contributed by atoms with van der Waals surface area (Å²) in [4.78, 5) is 26.6. The zero-order valence-electron chi connectivity index (χ0n) is 15.0. The van der Waals surface area contributed by atoms with Crippen LogP contribution in [-0.2, 0) is 17.8 Å². The lowest BCUT2D eigenvalue weighted by Gasteiger charge is -2.22. The number of aryl methyl sites for hydroxylation is 3. The minimum absolute atomic E-state index is 0.144. The zero-order valence-corrected chi connectivity index (χ0v) is 15.0. The highest BCUT2D eigenvalue weighted by Crippen LogP contribution is 2.25. The number of carbonyl (C=O) groups excluding carboxylic acids is 2. The van der Waals surface area contributed by atoms with Gasteiger partial charge in [-0.05, 0) is 50.3 Å². The third-order valence-electron chi connectivity index (χ3n) is 4.93. The van der Waals surface area contributed by atoms with Gasteiger partial charge in [0, 0.05) is 0 Å². The largest absolute Gasteiger partial charge is 0.325 e. The standard InChI is InChI=1S/C21H24N2O2/c1-15-9-10-16(2)18(13-15)14-23-19(24)21(3,22-20(23)25)12-11-17-7-5-4-6-8-17/h4-10,13H,11-12,14H2,1-3H3,(H,22,25)/t21-/m1/s1. The molecule has 0 bridgehead atoms. The van der Waals surface area contributed by atoms with Gasteiger partial charge in [0.25, 0.3) is 5.91 Å². The summed E-state index contributed by atoms with van der Waals surface area (Å²) < 4.78 is 0. The Morgan fingerprint density at radius 1 is 1.04 bits per heavy atom. The molecule has 0 radical (unpaired) electrons. The highest BCUT2D eigenvalue weighted by molar-refractivity contribution is 6.06. The lowest BCUT2D eigenvalue weighted by atomic mass is 9.93. The molecule has 1 fully saturated rings. The summed E-state index contributed by atoms with van der Waals surface area (Å²) in [5.74, 6) is -0.144. The summed E-state index contributed by atoms with van der Waals surface area (Å²) in [5.41, 5.74) is 3.54. The van der Waals surface area contributed by atoms with Gasteiger partial charge in [0.15, 0.2) is 0 Å². The van der Waals surface area contributed by atoms with Crippen LogP contribution in [0.15, 0.2) is 48.5 Å². The van der Waals surface area contributed by atoms with Crippen molar-refractivity contribution in [2.45, 2.75) is 45.7 Å². The van der Waals surface area contributed by atoms with Crippen molar-refractivity contribution in [3.63, 3.8) is 0 Å². The molecule has 2 aromatic rings. The van der Waals surface area contributed by atoms with Crippen LogP contribution < -0.4 is 5.32 Å². The number of hydrogen-bond acceptors (Lipinski definition) is 2. The zero-order chi connectivity index (χ0) is 18.0. The number of nitrogens with one attached hydrogen (secondary N) is 1. The number of nitrogens with zero attached hydrogens (tertiary/aromatic N) is 1. The van der Waals surface area contributed by atoms with Gasteiger partial charge in [0.05, 0.1) is 6.54 Å². The van der Waals surface area contributed by atoms with E-state index in [2.05, 4.69) is 5.32 Å². The molecule has 1 N–H and O–H groups in total. The predicted molar refractivity (Wildman–Crippen MR) is 98.2 cm³/mol. The molecular weight excluding hydrogens is 312 g/mol. The number of hydrogen-bond donors (Lipinski definition) is 1. The van der Waals surface area contributed by atoms with Crippen LogP contribution in [0, 0.1) is 13.8 Å². The highest BCUT2D eigenvalue weighted by Gasteiger charge is 2.47. The Bertz CT molecular complexity index is 801. The first-order valence-corrected chi connectivity index (χ1v) is 8.63. The normalized spacial score (nSPS) is 20.0. The molecule has 3 amide bonds. The van der Waals surface area contributed by atoms with Crippen LogP contribution >= 0.6 is 0 Å². The molecule has 25 heavy (non-hydrogen) atoms. The van der Waals surface area contributed by atoms with Crippen molar-refractivity contribution >= 4 is 11.9 Å². The molecule has 0 unspecified atom stereocenters.